The molecule has 1 aliphatic rings. The Kier molecular flexibility index (Phi) is 19.6. The number of rotatable bonds is 15. The molecule has 3 rings (SSSR count). The third-order valence-corrected chi connectivity index (χ3v) is 9.40. The quantitative estimate of drug-likeness (QED) is 0.0513. The van der Waals surface area contributed by atoms with E-state index in [4.69, 9.17) is 17.2 Å². The van der Waals surface area contributed by atoms with Gasteiger partial charge in [-0.05, 0) is 44.1 Å². The van der Waals surface area contributed by atoms with Crippen LogP contribution < -0.4 is 54.4 Å². The maximum absolute atomic E-state index is 14.1. The topological polar surface area (TPSA) is 323 Å². The van der Waals surface area contributed by atoms with Crippen LogP contribution in [0.4, 0.5) is 0 Å². The van der Waals surface area contributed by atoms with Crippen LogP contribution in [0.15, 0.2) is 47.8 Å². The summed E-state index contributed by atoms with van der Waals surface area (Å²) < 4.78 is 0. The Morgan fingerprint density at radius 1 is 0.931 bits per heavy atom. The molecule has 2 heterocycles. The van der Waals surface area contributed by atoms with E-state index in [2.05, 4.69) is 52.2 Å². The van der Waals surface area contributed by atoms with Gasteiger partial charge in [0.2, 0.25) is 41.4 Å². The molecule has 1 aromatic carbocycles. The van der Waals surface area contributed by atoms with Crippen molar-refractivity contribution < 1.29 is 33.6 Å². The first-order valence-electron chi connectivity index (χ1n) is 19.6. The predicted molar refractivity (Wildman–Crippen MR) is 215 cm³/mol. The Morgan fingerprint density at radius 3 is 2.33 bits per heavy atom. The molecule has 1 aliphatic heterocycles. The van der Waals surface area contributed by atoms with Crippen molar-refractivity contribution in [1.82, 2.24) is 47.2 Å². The largest absolute Gasteiger partial charge is 0.370 e. The number of primary amides is 1. The number of carbonyl (C=O) groups is 7. The normalized spacial score (nSPS) is 21.9. The van der Waals surface area contributed by atoms with Gasteiger partial charge in [-0.2, -0.15) is 0 Å². The summed E-state index contributed by atoms with van der Waals surface area (Å²) in [7, 11) is 0. The summed E-state index contributed by atoms with van der Waals surface area (Å²) in [5.41, 5.74) is 18.1. The number of aromatic amines is 1. The van der Waals surface area contributed by atoms with Crippen LogP contribution in [0.2, 0.25) is 0 Å². The molecule has 318 valence electrons. The van der Waals surface area contributed by atoms with Crippen molar-refractivity contribution in [3.05, 3.63) is 54.1 Å². The molecule has 58 heavy (non-hydrogen) atoms. The minimum atomic E-state index is -1.21. The molecule has 0 saturated carbocycles. The number of hydrogen-bond donors (Lipinski definition) is 11. The van der Waals surface area contributed by atoms with E-state index in [0.717, 1.165) is 12.0 Å². The van der Waals surface area contributed by atoms with Crippen LogP contribution in [0.1, 0.15) is 76.5 Å². The van der Waals surface area contributed by atoms with Crippen molar-refractivity contribution in [2.24, 2.45) is 22.2 Å². The van der Waals surface area contributed by atoms with Gasteiger partial charge in [0.05, 0.1) is 12.4 Å². The highest BCUT2D eigenvalue weighted by atomic mass is 16.2. The van der Waals surface area contributed by atoms with Gasteiger partial charge in [-0.25, -0.2) is 4.98 Å². The second-order valence-corrected chi connectivity index (χ2v) is 14.2. The van der Waals surface area contributed by atoms with Gasteiger partial charge in [0.1, 0.15) is 24.2 Å². The Hall–Kier alpha value is -6.05. The number of guanidine groups is 1. The maximum atomic E-state index is 14.1. The maximum Gasteiger partial charge on any atom is 0.243 e. The smallest absolute Gasteiger partial charge is 0.243 e. The molecule has 0 aliphatic carbocycles. The number of H-pyrrole nitrogens is 1. The second-order valence-electron chi connectivity index (χ2n) is 14.2. The Bertz CT molecular complexity index is 1690. The molecular formula is C38H59N13O7. The van der Waals surface area contributed by atoms with Crippen molar-refractivity contribution in [2.75, 3.05) is 19.6 Å². The SMILES string of the molecule is CCCCC(NC(C)=O)C(=O)NC1CCC(=O)NCCC(C(N)=O)NC(=O)C(CCCN=C(N)N)NC(=O)C(Cc2ccccc2)NCC(Cc2cnc[nH]2)NC1=O. The number of hydrogen-bond acceptors (Lipinski definition) is 10. The molecular weight excluding hydrogens is 751 g/mol. The van der Waals surface area contributed by atoms with Crippen LogP contribution in [-0.4, -0.2) is 113 Å². The number of imidazole rings is 1. The number of amides is 7. The second kappa shape index (κ2) is 24.6. The average Bonchev–Trinajstić information content (AvgIpc) is 3.69. The Balaban J connectivity index is 2.01. The fraction of sp³-hybridized carbons (Fsp3) is 0.553. The zero-order chi connectivity index (χ0) is 42.5. The molecule has 0 spiro atoms. The fourth-order valence-electron chi connectivity index (χ4n) is 6.32. The first-order chi connectivity index (χ1) is 27.7. The average molecular weight is 810 g/mol. The van der Waals surface area contributed by atoms with E-state index in [1.165, 1.54) is 13.3 Å². The summed E-state index contributed by atoms with van der Waals surface area (Å²) in [6.45, 7) is 3.37. The molecule has 14 N–H and O–H groups in total. The number of aromatic nitrogens is 2. The predicted octanol–water partition coefficient (Wildman–Crippen LogP) is -2.37. The van der Waals surface area contributed by atoms with Crippen molar-refractivity contribution >= 4 is 47.3 Å². The lowest BCUT2D eigenvalue weighted by Gasteiger charge is -2.28. The summed E-state index contributed by atoms with van der Waals surface area (Å²) in [6.07, 6.45) is 5.23. The van der Waals surface area contributed by atoms with E-state index in [0.29, 0.717) is 25.0 Å². The number of unbranched alkanes of at least 4 members (excludes halogenated alkanes) is 1. The molecule has 7 amide bonds. The highest BCUT2D eigenvalue weighted by Gasteiger charge is 2.31. The van der Waals surface area contributed by atoms with Gasteiger partial charge in [0.25, 0.3) is 0 Å². The zero-order valence-corrected chi connectivity index (χ0v) is 33.2. The van der Waals surface area contributed by atoms with Crippen LogP contribution in [-0.2, 0) is 46.4 Å². The lowest BCUT2D eigenvalue weighted by molar-refractivity contribution is -0.132. The van der Waals surface area contributed by atoms with Gasteiger partial charge in [0, 0.05) is 57.3 Å². The summed E-state index contributed by atoms with van der Waals surface area (Å²) >= 11 is 0. The number of nitrogens with two attached hydrogens (primary N) is 3. The van der Waals surface area contributed by atoms with Crippen LogP contribution in [0.5, 0.6) is 0 Å². The van der Waals surface area contributed by atoms with E-state index in [1.807, 2.05) is 37.3 Å². The van der Waals surface area contributed by atoms with Crippen molar-refractivity contribution in [3.63, 3.8) is 0 Å². The Morgan fingerprint density at radius 2 is 1.67 bits per heavy atom. The molecule has 1 saturated heterocycles. The van der Waals surface area contributed by atoms with Crippen LogP contribution >= 0.6 is 0 Å². The van der Waals surface area contributed by atoms with Crippen LogP contribution in [0.3, 0.4) is 0 Å². The van der Waals surface area contributed by atoms with Crippen molar-refractivity contribution in [1.29, 1.82) is 0 Å². The van der Waals surface area contributed by atoms with E-state index in [-0.39, 0.29) is 64.1 Å². The van der Waals surface area contributed by atoms with Gasteiger partial charge < -0.3 is 59.4 Å². The first-order valence-corrected chi connectivity index (χ1v) is 19.6. The number of benzene rings is 1. The summed E-state index contributed by atoms with van der Waals surface area (Å²) in [5.74, 6) is -4.31. The number of aliphatic imine (C=N–C) groups is 1. The summed E-state index contributed by atoms with van der Waals surface area (Å²) in [5, 5.41) is 19.7. The van der Waals surface area contributed by atoms with Crippen molar-refractivity contribution in [3.8, 4) is 0 Å². The number of nitrogens with one attached hydrogen (secondary N) is 8. The van der Waals surface area contributed by atoms with Gasteiger partial charge >= 0.3 is 0 Å². The minimum absolute atomic E-state index is 0.0347. The molecule has 1 aromatic heterocycles. The standard InChI is InChI=1S/C38H59N13O7/c1-3-4-11-28(47-23(2)52)35(56)51-30-13-14-32(53)43-17-15-27(33(39)54)49-36(57)29(12-8-16-44-38(40)41)50-37(58)31(18-24-9-6-5-7-10-24)45-21-26(48-34(30)55)19-25-20-42-22-46-25/h5-7,9-10,20,22,26-31,45H,3-4,8,11-19,21H2,1-2H3,(H2,39,54)(H,42,46)(H,43,53)(H,47,52)(H,48,55)(H,49,57)(H,50,58)(H,51,56)(H4,40,41,44). The monoisotopic (exact) mass is 809 g/mol. The highest BCUT2D eigenvalue weighted by Crippen LogP contribution is 2.10. The summed E-state index contributed by atoms with van der Waals surface area (Å²) in [6, 6.07) is 3.12. The molecule has 0 bridgehead atoms. The summed E-state index contributed by atoms with van der Waals surface area (Å²) in [4.78, 5) is 104. The van der Waals surface area contributed by atoms with Crippen LogP contribution in [0.25, 0.3) is 0 Å². The highest BCUT2D eigenvalue weighted by molar-refractivity contribution is 5.93. The molecule has 0 radical (unpaired) electrons. The van der Waals surface area contributed by atoms with Crippen molar-refractivity contribution in [2.45, 2.75) is 114 Å². The Labute approximate surface area is 337 Å². The molecule has 20 nitrogen and oxygen atoms in total. The minimum Gasteiger partial charge on any atom is -0.370 e. The number of carbonyl (C=O) groups excluding carboxylic acids is 7. The third kappa shape index (κ3) is 17.0. The molecule has 1 fully saturated rings. The van der Waals surface area contributed by atoms with Gasteiger partial charge in [-0.1, -0.05) is 50.1 Å². The van der Waals surface area contributed by atoms with E-state index in [9.17, 15) is 33.6 Å². The van der Waals surface area contributed by atoms with E-state index >= 15 is 0 Å². The van der Waals surface area contributed by atoms with Crippen LogP contribution in [0, 0.1) is 0 Å². The lowest BCUT2D eigenvalue weighted by Crippen LogP contribution is -2.58. The number of nitrogens with zero attached hydrogens (tertiary/aromatic N) is 2. The molecule has 6 atom stereocenters. The van der Waals surface area contributed by atoms with E-state index < -0.39 is 77.6 Å². The van der Waals surface area contributed by atoms with E-state index in [1.54, 1.807) is 6.20 Å². The van der Waals surface area contributed by atoms with Gasteiger partial charge in [0.15, 0.2) is 5.96 Å². The molecule has 2 aromatic rings. The lowest BCUT2D eigenvalue weighted by atomic mass is 10.0. The molecule has 6 unspecified atom stereocenters. The molecule has 20 heteroatoms. The fourth-order valence-corrected chi connectivity index (χ4v) is 6.32. The zero-order valence-electron chi connectivity index (χ0n) is 33.2. The first kappa shape index (κ1) is 46.3. The third-order valence-electron chi connectivity index (χ3n) is 9.40. The van der Waals surface area contributed by atoms with Gasteiger partial charge in [-0.15, -0.1) is 0 Å². The van der Waals surface area contributed by atoms with Gasteiger partial charge in [-0.3, -0.25) is 38.6 Å².